The van der Waals surface area contributed by atoms with Crippen molar-refractivity contribution < 1.29 is 9.53 Å². The van der Waals surface area contributed by atoms with Crippen LogP contribution in [0.25, 0.3) is 0 Å². The highest BCUT2D eigenvalue weighted by Gasteiger charge is 2.14. The van der Waals surface area contributed by atoms with E-state index in [1.807, 2.05) is 38.1 Å². The average Bonchev–Trinajstić information content (AvgIpc) is 2.55. The fourth-order valence-electron chi connectivity index (χ4n) is 2.02. The number of benzene rings is 1. The van der Waals surface area contributed by atoms with Gasteiger partial charge in [0.15, 0.2) is 0 Å². The van der Waals surface area contributed by atoms with E-state index in [0.29, 0.717) is 23.7 Å². The van der Waals surface area contributed by atoms with Crippen LogP contribution in [0.2, 0.25) is 0 Å². The second-order valence-electron chi connectivity index (χ2n) is 5.08. The summed E-state index contributed by atoms with van der Waals surface area (Å²) >= 11 is 3.37. The van der Waals surface area contributed by atoms with Gasteiger partial charge in [-0.3, -0.25) is 4.79 Å². The second kappa shape index (κ2) is 8.64. The lowest BCUT2D eigenvalue weighted by Gasteiger charge is -2.14. The molecule has 0 saturated carbocycles. The first-order chi connectivity index (χ1) is 11.1. The van der Waals surface area contributed by atoms with Crippen molar-refractivity contribution in [1.82, 2.24) is 15.6 Å². The zero-order chi connectivity index (χ0) is 16.7. The fourth-order valence-corrected chi connectivity index (χ4v) is 2.29. The van der Waals surface area contributed by atoms with Crippen LogP contribution < -0.4 is 15.4 Å². The normalized spacial score (nSPS) is 11.8. The molecule has 0 spiro atoms. The van der Waals surface area contributed by atoms with Crippen molar-refractivity contribution in [3.05, 3.63) is 52.6 Å². The van der Waals surface area contributed by atoms with Gasteiger partial charge in [-0.05, 0) is 49.9 Å². The highest BCUT2D eigenvalue weighted by Crippen LogP contribution is 2.24. The zero-order valence-corrected chi connectivity index (χ0v) is 14.8. The minimum atomic E-state index is -0.199. The molecule has 2 aromatic rings. The third-order valence-corrected chi connectivity index (χ3v) is 3.69. The van der Waals surface area contributed by atoms with E-state index < -0.39 is 0 Å². The number of rotatable bonds is 7. The molecule has 0 saturated heterocycles. The number of halogens is 1. The maximum atomic E-state index is 12.4. The lowest BCUT2D eigenvalue weighted by atomic mass is 10.2. The maximum Gasteiger partial charge on any atom is 0.256 e. The van der Waals surface area contributed by atoms with Crippen LogP contribution in [0, 0.1) is 0 Å². The highest BCUT2D eigenvalue weighted by molar-refractivity contribution is 9.10. The Bertz CT molecular complexity index is 647. The molecule has 0 radical (unpaired) electrons. The van der Waals surface area contributed by atoms with Crippen molar-refractivity contribution in [3.8, 4) is 11.6 Å². The first-order valence-corrected chi connectivity index (χ1v) is 8.29. The van der Waals surface area contributed by atoms with Crippen LogP contribution in [0.4, 0.5) is 0 Å². The second-order valence-corrected chi connectivity index (χ2v) is 6.00. The SMILES string of the molecule is CCN[C@H](C)CNC(=O)c1cccnc1Oc1ccc(Br)cc1. The lowest BCUT2D eigenvalue weighted by Crippen LogP contribution is -2.38. The monoisotopic (exact) mass is 377 g/mol. The van der Waals surface area contributed by atoms with E-state index >= 15 is 0 Å². The summed E-state index contributed by atoms with van der Waals surface area (Å²) in [5.41, 5.74) is 0.416. The number of carbonyl (C=O) groups excluding carboxylic acids is 1. The van der Waals surface area contributed by atoms with Gasteiger partial charge in [-0.25, -0.2) is 4.98 Å². The summed E-state index contributed by atoms with van der Waals surface area (Å²) in [6.07, 6.45) is 1.60. The van der Waals surface area contributed by atoms with Crippen LogP contribution in [-0.4, -0.2) is 30.0 Å². The minimum Gasteiger partial charge on any atom is -0.438 e. The minimum absolute atomic E-state index is 0.199. The number of aromatic nitrogens is 1. The van der Waals surface area contributed by atoms with E-state index in [1.165, 1.54) is 0 Å². The van der Waals surface area contributed by atoms with Crippen LogP contribution in [0.15, 0.2) is 47.1 Å². The number of pyridine rings is 1. The molecule has 0 aliphatic heterocycles. The van der Waals surface area contributed by atoms with Crippen molar-refractivity contribution in [2.24, 2.45) is 0 Å². The third-order valence-electron chi connectivity index (χ3n) is 3.17. The van der Waals surface area contributed by atoms with E-state index in [-0.39, 0.29) is 11.9 Å². The molecule has 122 valence electrons. The Kier molecular flexibility index (Phi) is 6.55. The molecule has 1 amide bonds. The number of hydrogen-bond donors (Lipinski definition) is 2. The van der Waals surface area contributed by atoms with Gasteiger partial charge in [0.25, 0.3) is 5.91 Å². The van der Waals surface area contributed by atoms with E-state index in [2.05, 4.69) is 31.5 Å². The predicted molar refractivity (Wildman–Crippen MR) is 93.9 cm³/mol. The van der Waals surface area contributed by atoms with Crippen molar-refractivity contribution in [1.29, 1.82) is 0 Å². The summed E-state index contributed by atoms with van der Waals surface area (Å²) < 4.78 is 6.69. The fraction of sp³-hybridized carbons (Fsp3) is 0.294. The van der Waals surface area contributed by atoms with Crippen molar-refractivity contribution in [3.63, 3.8) is 0 Å². The Morgan fingerprint density at radius 3 is 2.74 bits per heavy atom. The summed E-state index contributed by atoms with van der Waals surface area (Å²) in [4.78, 5) is 16.5. The van der Waals surface area contributed by atoms with Gasteiger partial charge in [-0.1, -0.05) is 22.9 Å². The van der Waals surface area contributed by atoms with Crippen LogP contribution in [0.5, 0.6) is 11.6 Å². The van der Waals surface area contributed by atoms with Gasteiger partial charge < -0.3 is 15.4 Å². The van der Waals surface area contributed by atoms with Crippen LogP contribution in [0.3, 0.4) is 0 Å². The number of carbonyl (C=O) groups is 1. The van der Waals surface area contributed by atoms with Crippen molar-refractivity contribution in [2.75, 3.05) is 13.1 Å². The molecule has 0 fully saturated rings. The van der Waals surface area contributed by atoms with Gasteiger partial charge >= 0.3 is 0 Å². The molecular formula is C17H20BrN3O2. The van der Waals surface area contributed by atoms with Gasteiger partial charge in [0.05, 0.1) is 0 Å². The molecule has 1 heterocycles. The molecule has 23 heavy (non-hydrogen) atoms. The molecule has 1 atom stereocenters. The van der Waals surface area contributed by atoms with Gasteiger partial charge in [-0.2, -0.15) is 0 Å². The highest BCUT2D eigenvalue weighted by atomic mass is 79.9. The van der Waals surface area contributed by atoms with E-state index in [4.69, 9.17) is 4.74 Å². The largest absolute Gasteiger partial charge is 0.438 e. The average molecular weight is 378 g/mol. The predicted octanol–water partition coefficient (Wildman–Crippen LogP) is 3.36. The van der Waals surface area contributed by atoms with E-state index in [9.17, 15) is 4.79 Å². The Labute approximate surface area is 144 Å². The van der Waals surface area contributed by atoms with Gasteiger partial charge in [0.2, 0.25) is 5.88 Å². The summed E-state index contributed by atoms with van der Waals surface area (Å²) in [5, 5.41) is 6.14. The Balaban J connectivity index is 2.07. The number of hydrogen-bond acceptors (Lipinski definition) is 4. The van der Waals surface area contributed by atoms with Crippen LogP contribution in [0.1, 0.15) is 24.2 Å². The Hall–Kier alpha value is -1.92. The molecule has 2 rings (SSSR count). The van der Waals surface area contributed by atoms with Crippen LogP contribution >= 0.6 is 15.9 Å². The molecule has 0 bridgehead atoms. The molecule has 2 N–H and O–H groups in total. The van der Waals surface area contributed by atoms with Gasteiger partial charge in [-0.15, -0.1) is 0 Å². The van der Waals surface area contributed by atoms with Crippen molar-refractivity contribution in [2.45, 2.75) is 19.9 Å². The number of ether oxygens (including phenoxy) is 1. The molecule has 0 unspecified atom stereocenters. The first-order valence-electron chi connectivity index (χ1n) is 7.50. The van der Waals surface area contributed by atoms with Gasteiger partial charge in [0.1, 0.15) is 11.3 Å². The Morgan fingerprint density at radius 2 is 2.04 bits per heavy atom. The number of amides is 1. The van der Waals surface area contributed by atoms with Gasteiger partial charge in [0, 0.05) is 23.3 Å². The first kappa shape index (κ1) is 17.4. The molecular weight excluding hydrogens is 358 g/mol. The lowest BCUT2D eigenvalue weighted by molar-refractivity contribution is 0.0947. The summed E-state index contributed by atoms with van der Waals surface area (Å²) in [6.45, 7) is 5.46. The zero-order valence-electron chi connectivity index (χ0n) is 13.2. The molecule has 5 nitrogen and oxygen atoms in total. The van der Waals surface area contributed by atoms with Crippen LogP contribution in [-0.2, 0) is 0 Å². The molecule has 0 aliphatic rings. The standard InChI is InChI=1S/C17H20BrN3O2/c1-3-19-12(2)11-21-16(22)15-5-4-10-20-17(15)23-14-8-6-13(18)7-9-14/h4-10,12,19H,3,11H2,1-2H3,(H,21,22)/t12-/m1/s1. The topological polar surface area (TPSA) is 63.2 Å². The smallest absolute Gasteiger partial charge is 0.256 e. The molecule has 6 heteroatoms. The number of nitrogens with one attached hydrogen (secondary N) is 2. The van der Waals surface area contributed by atoms with Crippen molar-refractivity contribution >= 4 is 21.8 Å². The molecule has 1 aromatic carbocycles. The quantitative estimate of drug-likeness (QED) is 0.776. The van der Waals surface area contributed by atoms with E-state index in [1.54, 1.807) is 18.3 Å². The number of nitrogens with zero attached hydrogens (tertiary/aromatic N) is 1. The molecule has 0 aliphatic carbocycles. The summed E-state index contributed by atoms with van der Waals surface area (Å²) in [6, 6.07) is 11.0. The summed E-state index contributed by atoms with van der Waals surface area (Å²) in [7, 11) is 0. The third kappa shape index (κ3) is 5.33. The number of likely N-dealkylation sites (N-methyl/N-ethyl adjacent to an activating group) is 1. The molecule has 1 aromatic heterocycles. The Morgan fingerprint density at radius 1 is 1.30 bits per heavy atom. The van der Waals surface area contributed by atoms with E-state index in [0.717, 1.165) is 11.0 Å². The summed E-state index contributed by atoms with van der Waals surface area (Å²) in [5.74, 6) is 0.723. The maximum absolute atomic E-state index is 12.4.